The molecular formula is C11H20O. The quantitative estimate of drug-likeness (QED) is 0.640. The molecule has 0 aliphatic carbocycles. The molecule has 1 N–H and O–H groups in total. The van der Waals surface area contributed by atoms with Gasteiger partial charge in [0.15, 0.2) is 0 Å². The van der Waals surface area contributed by atoms with E-state index in [9.17, 15) is 0 Å². The fraction of sp³-hybridized carbons (Fsp3) is 0.636. The lowest BCUT2D eigenvalue weighted by Gasteiger charge is -2.02. The summed E-state index contributed by atoms with van der Waals surface area (Å²) < 4.78 is 0. The lowest BCUT2D eigenvalue weighted by atomic mass is 10.1. The van der Waals surface area contributed by atoms with E-state index >= 15 is 0 Å². The summed E-state index contributed by atoms with van der Waals surface area (Å²) in [5.41, 5.74) is 2.68. The zero-order valence-electron chi connectivity index (χ0n) is 8.59. The topological polar surface area (TPSA) is 20.2 Å². The summed E-state index contributed by atoms with van der Waals surface area (Å²) >= 11 is 0. The van der Waals surface area contributed by atoms with Crippen LogP contribution < -0.4 is 0 Å². The summed E-state index contributed by atoms with van der Waals surface area (Å²) in [6.45, 7) is 8.56. The monoisotopic (exact) mass is 168 g/mol. The molecule has 0 heterocycles. The van der Waals surface area contributed by atoms with Gasteiger partial charge in [-0.1, -0.05) is 30.2 Å². The van der Waals surface area contributed by atoms with Gasteiger partial charge in [0.25, 0.3) is 0 Å². The van der Waals surface area contributed by atoms with E-state index in [1.165, 1.54) is 11.1 Å². The van der Waals surface area contributed by atoms with Crippen molar-refractivity contribution >= 4 is 0 Å². The fourth-order valence-electron chi connectivity index (χ4n) is 0.972. The highest BCUT2D eigenvalue weighted by Crippen LogP contribution is 2.07. The first-order valence-corrected chi connectivity index (χ1v) is 4.47. The Kier molecular flexibility index (Phi) is 5.73. The van der Waals surface area contributed by atoms with Gasteiger partial charge in [-0.2, -0.15) is 0 Å². The summed E-state index contributed by atoms with van der Waals surface area (Å²) in [6, 6.07) is 0. The fourth-order valence-corrected chi connectivity index (χ4v) is 0.972. The molecule has 0 rings (SSSR count). The van der Waals surface area contributed by atoms with Gasteiger partial charge in [-0.15, -0.1) is 0 Å². The highest BCUT2D eigenvalue weighted by Gasteiger charge is 1.94. The van der Waals surface area contributed by atoms with E-state index in [0.29, 0.717) is 0 Å². The lowest BCUT2D eigenvalue weighted by Crippen LogP contribution is -1.96. The van der Waals surface area contributed by atoms with E-state index in [-0.39, 0.29) is 12.5 Å². The van der Waals surface area contributed by atoms with Crippen molar-refractivity contribution in [1.82, 2.24) is 0 Å². The van der Waals surface area contributed by atoms with E-state index in [1.54, 1.807) is 0 Å². The Morgan fingerprint density at radius 1 is 1.33 bits per heavy atom. The zero-order chi connectivity index (χ0) is 9.56. The first kappa shape index (κ1) is 11.4. The molecule has 0 saturated carbocycles. The first-order chi connectivity index (χ1) is 5.56. The highest BCUT2D eigenvalue weighted by molar-refractivity contribution is 5.08. The molecule has 0 saturated heterocycles. The van der Waals surface area contributed by atoms with Crippen molar-refractivity contribution in [2.24, 2.45) is 5.92 Å². The van der Waals surface area contributed by atoms with E-state index < -0.39 is 0 Å². The van der Waals surface area contributed by atoms with Crippen LogP contribution >= 0.6 is 0 Å². The Hall–Kier alpha value is -0.560. The molecule has 0 spiro atoms. The van der Waals surface area contributed by atoms with Crippen LogP contribution in [0.2, 0.25) is 0 Å². The SMILES string of the molecule is CC(C)=CC/C(C)=C\C(C)CO. The Morgan fingerprint density at radius 3 is 2.33 bits per heavy atom. The number of aliphatic hydroxyl groups excluding tert-OH is 1. The average Bonchev–Trinajstić information content (AvgIpc) is 2.00. The average molecular weight is 168 g/mol. The van der Waals surface area contributed by atoms with E-state index in [2.05, 4.69) is 32.9 Å². The molecule has 0 fully saturated rings. The Bertz CT molecular complexity index is 173. The minimum absolute atomic E-state index is 0.242. The van der Waals surface area contributed by atoms with Crippen LogP contribution in [0.4, 0.5) is 0 Å². The van der Waals surface area contributed by atoms with Crippen LogP contribution in [0.1, 0.15) is 34.1 Å². The molecule has 1 atom stereocenters. The highest BCUT2D eigenvalue weighted by atomic mass is 16.3. The second kappa shape index (κ2) is 6.01. The van der Waals surface area contributed by atoms with Gasteiger partial charge in [-0.05, 0) is 33.1 Å². The normalized spacial score (nSPS) is 14.2. The summed E-state index contributed by atoms with van der Waals surface area (Å²) in [6.07, 6.45) is 5.34. The standard InChI is InChI=1S/C11H20O/c1-9(2)5-6-10(3)7-11(4)8-12/h5,7,11-12H,6,8H2,1-4H3/b10-7-. The van der Waals surface area contributed by atoms with Crippen LogP contribution in [-0.2, 0) is 0 Å². The van der Waals surface area contributed by atoms with Gasteiger partial charge in [0.2, 0.25) is 0 Å². The zero-order valence-corrected chi connectivity index (χ0v) is 8.59. The number of hydrogen-bond acceptors (Lipinski definition) is 1. The minimum Gasteiger partial charge on any atom is -0.396 e. The van der Waals surface area contributed by atoms with Crippen LogP contribution in [0.5, 0.6) is 0 Å². The van der Waals surface area contributed by atoms with Crippen molar-refractivity contribution in [2.45, 2.75) is 34.1 Å². The third kappa shape index (κ3) is 6.17. The van der Waals surface area contributed by atoms with E-state index in [1.807, 2.05) is 6.92 Å². The second-order valence-corrected chi connectivity index (χ2v) is 3.66. The first-order valence-electron chi connectivity index (χ1n) is 4.47. The number of aliphatic hydroxyl groups is 1. The van der Waals surface area contributed by atoms with Crippen LogP contribution in [0.3, 0.4) is 0 Å². The molecule has 1 nitrogen and oxygen atoms in total. The maximum atomic E-state index is 8.80. The van der Waals surface area contributed by atoms with Crippen LogP contribution in [-0.4, -0.2) is 11.7 Å². The molecule has 0 bridgehead atoms. The largest absolute Gasteiger partial charge is 0.396 e. The van der Waals surface area contributed by atoms with Gasteiger partial charge in [0, 0.05) is 6.61 Å². The van der Waals surface area contributed by atoms with Crippen molar-refractivity contribution < 1.29 is 5.11 Å². The second-order valence-electron chi connectivity index (χ2n) is 3.66. The summed E-state index contributed by atoms with van der Waals surface area (Å²) in [4.78, 5) is 0. The number of allylic oxidation sites excluding steroid dienone is 3. The van der Waals surface area contributed by atoms with Gasteiger partial charge < -0.3 is 5.11 Å². The minimum atomic E-state index is 0.242. The molecule has 0 aromatic heterocycles. The Labute approximate surface area is 75.8 Å². The van der Waals surface area contributed by atoms with Gasteiger partial charge >= 0.3 is 0 Å². The summed E-state index contributed by atoms with van der Waals surface area (Å²) in [5.74, 6) is 0.288. The lowest BCUT2D eigenvalue weighted by molar-refractivity contribution is 0.261. The van der Waals surface area contributed by atoms with Crippen molar-refractivity contribution in [3.8, 4) is 0 Å². The van der Waals surface area contributed by atoms with Gasteiger partial charge in [0.05, 0.1) is 0 Å². The summed E-state index contributed by atoms with van der Waals surface area (Å²) in [5, 5.41) is 8.80. The molecule has 0 aliphatic heterocycles. The Morgan fingerprint density at radius 2 is 1.92 bits per heavy atom. The van der Waals surface area contributed by atoms with Crippen LogP contribution in [0, 0.1) is 5.92 Å². The molecule has 1 unspecified atom stereocenters. The molecule has 1 heteroatoms. The third-order valence-electron chi connectivity index (χ3n) is 1.69. The van der Waals surface area contributed by atoms with Crippen molar-refractivity contribution in [3.63, 3.8) is 0 Å². The number of hydrogen-bond donors (Lipinski definition) is 1. The third-order valence-corrected chi connectivity index (χ3v) is 1.69. The van der Waals surface area contributed by atoms with E-state index in [0.717, 1.165) is 6.42 Å². The molecule has 0 aromatic rings. The molecule has 12 heavy (non-hydrogen) atoms. The van der Waals surface area contributed by atoms with Crippen molar-refractivity contribution in [1.29, 1.82) is 0 Å². The molecule has 0 amide bonds. The maximum absolute atomic E-state index is 8.80. The van der Waals surface area contributed by atoms with Gasteiger partial charge in [-0.3, -0.25) is 0 Å². The molecule has 70 valence electrons. The van der Waals surface area contributed by atoms with Crippen molar-refractivity contribution in [3.05, 3.63) is 23.3 Å². The Balaban J connectivity index is 3.94. The van der Waals surface area contributed by atoms with Gasteiger partial charge in [0.1, 0.15) is 0 Å². The van der Waals surface area contributed by atoms with E-state index in [4.69, 9.17) is 5.11 Å². The molecule has 0 aliphatic rings. The predicted molar refractivity (Wildman–Crippen MR) is 54.1 cm³/mol. The smallest absolute Gasteiger partial charge is 0.0491 e. The molecular weight excluding hydrogens is 148 g/mol. The van der Waals surface area contributed by atoms with Crippen LogP contribution in [0.25, 0.3) is 0 Å². The number of rotatable bonds is 4. The van der Waals surface area contributed by atoms with Gasteiger partial charge in [-0.25, -0.2) is 0 Å². The summed E-state index contributed by atoms with van der Waals surface area (Å²) in [7, 11) is 0. The molecule has 0 aromatic carbocycles. The predicted octanol–water partition coefficient (Wildman–Crippen LogP) is 2.92. The van der Waals surface area contributed by atoms with Crippen molar-refractivity contribution in [2.75, 3.05) is 6.61 Å². The molecule has 0 radical (unpaired) electrons. The van der Waals surface area contributed by atoms with Crippen LogP contribution in [0.15, 0.2) is 23.3 Å². The maximum Gasteiger partial charge on any atom is 0.0491 e.